The van der Waals surface area contributed by atoms with Crippen LogP contribution in [0.1, 0.15) is 42.4 Å². The Labute approximate surface area is 132 Å². The smallest absolute Gasteiger partial charge is 0.0801 e. The first-order valence-electron chi connectivity index (χ1n) is 6.88. The molecule has 0 amide bonds. The van der Waals surface area contributed by atoms with Crippen LogP contribution in [0.4, 0.5) is 0 Å². The Morgan fingerprint density at radius 2 is 2.20 bits per heavy atom. The van der Waals surface area contributed by atoms with Crippen molar-refractivity contribution in [3.8, 4) is 0 Å². The predicted molar refractivity (Wildman–Crippen MR) is 86.0 cm³/mol. The second-order valence-corrected chi connectivity index (χ2v) is 6.36. The number of hydrogen-bond acceptors (Lipinski definition) is 5. The van der Waals surface area contributed by atoms with Gasteiger partial charge < -0.3 is 5.32 Å². The number of nitrogens with one attached hydrogen (secondary N) is 1. The maximum atomic E-state index is 4.24. The number of halogens is 1. The molecule has 0 aliphatic rings. The first-order chi connectivity index (χ1) is 9.74. The number of aromatic nitrogens is 3. The van der Waals surface area contributed by atoms with E-state index in [0.29, 0.717) is 0 Å². The van der Waals surface area contributed by atoms with Gasteiger partial charge in [0.25, 0.3) is 0 Å². The zero-order valence-electron chi connectivity index (χ0n) is 11.8. The highest BCUT2D eigenvalue weighted by Crippen LogP contribution is 2.25. The molecule has 20 heavy (non-hydrogen) atoms. The van der Waals surface area contributed by atoms with Gasteiger partial charge in [0, 0.05) is 22.9 Å². The molecule has 0 aromatic carbocycles. The lowest BCUT2D eigenvalue weighted by Gasteiger charge is -2.17. The molecule has 0 bridgehead atoms. The van der Waals surface area contributed by atoms with Crippen LogP contribution in [0.15, 0.2) is 22.9 Å². The molecule has 0 saturated heterocycles. The molecule has 2 aromatic rings. The van der Waals surface area contributed by atoms with Crippen LogP contribution in [0.3, 0.4) is 0 Å². The fourth-order valence-electron chi connectivity index (χ4n) is 2.10. The molecular formula is C14H19BrN4S. The summed E-state index contributed by atoms with van der Waals surface area (Å²) >= 11 is 4.98. The third-order valence-electron chi connectivity index (χ3n) is 3.08. The zero-order chi connectivity index (χ0) is 14.4. The summed E-state index contributed by atoms with van der Waals surface area (Å²) in [6.45, 7) is 5.29. The standard InChI is InChI=1S/C14H19BrN4S/c1-3-5-17-13(14-12(4-2)18-19-20-14)7-10-6-11(15)9-16-8-10/h6,8-9,13,17H,3-5,7H2,1-2H3. The van der Waals surface area contributed by atoms with Gasteiger partial charge in [-0.25, -0.2) is 0 Å². The summed E-state index contributed by atoms with van der Waals surface area (Å²) in [6.07, 6.45) is 6.67. The normalized spacial score (nSPS) is 12.6. The second kappa shape index (κ2) is 7.81. The summed E-state index contributed by atoms with van der Waals surface area (Å²) in [5.41, 5.74) is 2.31. The number of pyridine rings is 1. The molecule has 1 atom stereocenters. The summed E-state index contributed by atoms with van der Waals surface area (Å²) in [4.78, 5) is 5.49. The van der Waals surface area contributed by atoms with E-state index < -0.39 is 0 Å². The van der Waals surface area contributed by atoms with E-state index in [1.807, 2.05) is 12.4 Å². The number of rotatable bonds is 7. The minimum absolute atomic E-state index is 0.265. The molecule has 2 aromatic heterocycles. The van der Waals surface area contributed by atoms with E-state index in [2.05, 4.69) is 55.7 Å². The van der Waals surface area contributed by atoms with Gasteiger partial charge in [0.05, 0.1) is 10.6 Å². The molecular weight excluding hydrogens is 336 g/mol. The summed E-state index contributed by atoms with van der Waals surface area (Å²) in [6, 6.07) is 2.38. The Kier molecular flexibility index (Phi) is 6.06. The third-order valence-corrected chi connectivity index (χ3v) is 4.39. The van der Waals surface area contributed by atoms with Crippen LogP contribution in [0, 0.1) is 0 Å². The highest BCUT2D eigenvalue weighted by molar-refractivity contribution is 9.10. The van der Waals surface area contributed by atoms with E-state index in [0.717, 1.165) is 36.0 Å². The molecule has 0 saturated carbocycles. The van der Waals surface area contributed by atoms with Crippen molar-refractivity contribution in [2.45, 2.75) is 39.2 Å². The van der Waals surface area contributed by atoms with Crippen molar-refractivity contribution in [3.05, 3.63) is 39.1 Å². The lowest BCUT2D eigenvalue weighted by Crippen LogP contribution is -2.24. The van der Waals surface area contributed by atoms with Crippen LogP contribution in [-0.4, -0.2) is 21.1 Å². The molecule has 2 heterocycles. The number of hydrogen-bond donors (Lipinski definition) is 1. The Balaban J connectivity index is 2.19. The van der Waals surface area contributed by atoms with Gasteiger partial charge in [-0.3, -0.25) is 4.98 Å². The van der Waals surface area contributed by atoms with Crippen molar-refractivity contribution in [3.63, 3.8) is 0 Å². The first kappa shape index (κ1) is 15.5. The topological polar surface area (TPSA) is 50.7 Å². The van der Waals surface area contributed by atoms with Gasteiger partial charge in [0.15, 0.2) is 0 Å². The average molecular weight is 355 g/mol. The molecule has 0 radical (unpaired) electrons. The lowest BCUT2D eigenvalue weighted by molar-refractivity contribution is 0.531. The summed E-state index contributed by atoms with van der Waals surface area (Å²) in [7, 11) is 0. The summed E-state index contributed by atoms with van der Waals surface area (Å²) < 4.78 is 5.12. The Morgan fingerprint density at radius 1 is 1.35 bits per heavy atom. The summed E-state index contributed by atoms with van der Waals surface area (Å²) in [5, 5.41) is 7.83. The maximum absolute atomic E-state index is 4.24. The van der Waals surface area contributed by atoms with Crippen LogP contribution < -0.4 is 5.32 Å². The molecule has 1 N–H and O–H groups in total. The fourth-order valence-corrected chi connectivity index (χ4v) is 3.33. The van der Waals surface area contributed by atoms with Crippen molar-refractivity contribution in [1.82, 2.24) is 19.9 Å². The summed E-state index contributed by atoms with van der Waals surface area (Å²) in [5.74, 6) is 0. The van der Waals surface area contributed by atoms with Gasteiger partial charge in [-0.05, 0) is 64.9 Å². The van der Waals surface area contributed by atoms with Crippen LogP contribution in [0.5, 0.6) is 0 Å². The highest BCUT2D eigenvalue weighted by Gasteiger charge is 2.18. The van der Waals surface area contributed by atoms with Crippen molar-refractivity contribution >= 4 is 27.5 Å². The van der Waals surface area contributed by atoms with Gasteiger partial charge in [0.1, 0.15) is 0 Å². The van der Waals surface area contributed by atoms with Gasteiger partial charge in [-0.2, -0.15) is 0 Å². The molecule has 0 fully saturated rings. The Bertz CT molecular complexity index is 543. The van der Waals surface area contributed by atoms with Gasteiger partial charge in [-0.15, -0.1) is 5.10 Å². The molecule has 0 aliphatic carbocycles. The van der Waals surface area contributed by atoms with Gasteiger partial charge in [-0.1, -0.05) is 18.3 Å². The van der Waals surface area contributed by atoms with Crippen LogP contribution >= 0.6 is 27.5 Å². The average Bonchev–Trinajstić information content (AvgIpc) is 2.92. The molecule has 1 unspecified atom stereocenters. The molecule has 4 nitrogen and oxygen atoms in total. The molecule has 6 heteroatoms. The van der Waals surface area contributed by atoms with Gasteiger partial charge >= 0.3 is 0 Å². The van der Waals surface area contributed by atoms with Crippen molar-refractivity contribution < 1.29 is 0 Å². The second-order valence-electron chi connectivity index (χ2n) is 4.66. The minimum atomic E-state index is 0.265. The minimum Gasteiger partial charge on any atom is -0.309 e. The van der Waals surface area contributed by atoms with E-state index >= 15 is 0 Å². The van der Waals surface area contributed by atoms with E-state index in [-0.39, 0.29) is 6.04 Å². The predicted octanol–water partition coefficient (Wildman–Crippen LogP) is 3.54. The molecule has 0 spiro atoms. The Hall–Kier alpha value is -0.850. The van der Waals surface area contributed by atoms with Crippen molar-refractivity contribution in [2.75, 3.05) is 6.54 Å². The maximum Gasteiger partial charge on any atom is 0.0801 e. The van der Waals surface area contributed by atoms with Crippen LogP contribution in [0.2, 0.25) is 0 Å². The van der Waals surface area contributed by atoms with Crippen LogP contribution in [-0.2, 0) is 12.8 Å². The van der Waals surface area contributed by atoms with Crippen molar-refractivity contribution in [2.24, 2.45) is 0 Å². The lowest BCUT2D eigenvalue weighted by atomic mass is 10.0. The fraction of sp³-hybridized carbons (Fsp3) is 0.500. The van der Waals surface area contributed by atoms with E-state index in [9.17, 15) is 0 Å². The van der Waals surface area contributed by atoms with Gasteiger partial charge in [0.2, 0.25) is 0 Å². The van der Waals surface area contributed by atoms with Crippen molar-refractivity contribution in [1.29, 1.82) is 0 Å². The van der Waals surface area contributed by atoms with E-state index in [1.165, 1.54) is 22.0 Å². The Morgan fingerprint density at radius 3 is 2.90 bits per heavy atom. The number of nitrogens with zero attached hydrogens (tertiary/aromatic N) is 3. The number of aryl methyl sites for hydroxylation is 1. The molecule has 2 rings (SSSR count). The van der Waals surface area contributed by atoms with E-state index in [1.54, 1.807) is 0 Å². The first-order valence-corrected chi connectivity index (χ1v) is 8.45. The molecule has 0 aliphatic heterocycles. The third kappa shape index (κ3) is 4.07. The van der Waals surface area contributed by atoms with E-state index in [4.69, 9.17) is 0 Å². The quantitative estimate of drug-likeness (QED) is 0.825. The molecule has 108 valence electrons. The largest absolute Gasteiger partial charge is 0.309 e. The highest BCUT2D eigenvalue weighted by atomic mass is 79.9. The monoisotopic (exact) mass is 354 g/mol. The SMILES string of the molecule is CCCNC(Cc1cncc(Br)c1)c1snnc1CC. The van der Waals surface area contributed by atoms with Crippen LogP contribution in [0.25, 0.3) is 0 Å². The zero-order valence-corrected chi connectivity index (χ0v) is 14.2.